The summed E-state index contributed by atoms with van der Waals surface area (Å²) in [5.74, 6) is 1.97. The van der Waals surface area contributed by atoms with Crippen LogP contribution in [0.3, 0.4) is 0 Å². The van der Waals surface area contributed by atoms with Crippen molar-refractivity contribution in [1.29, 1.82) is 0 Å². The number of carbonyl (C=O) groups excluding carboxylic acids is 1. The number of hydrogen-bond acceptors (Lipinski definition) is 3. The van der Waals surface area contributed by atoms with Gasteiger partial charge < -0.3 is 4.74 Å². The van der Waals surface area contributed by atoms with Gasteiger partial charge in [0.25, 0.3) is 0 Å². The van der Waals surface area contributed by atoms with Crippen LogP contribution in [0.5, 0.6) is 0 Å². The van der Waals surface area contributed by atoms with E-state index in [4.69, 9.17) is 34.4 Å². The third kappa shape index (κ3) is 3.92. The number of esters is 1. The van der Waals surface area contributed by atoms with Gasteiger partial charge in [-0.05, 0) is 25.1 Å². The van der Waals surface area contributed by atoms with Gasteiger partial charge in [0, 0.05) is 15.6 Å². The molecule has 1 unspecified atom stereocenters. The van der Waals surface area contributed by atoms with E-state index in [2.05, 4.69) is 11.2 Å². The minimum absolute atomic E-state index is 0.228. The average Bonchev–Trinajstić information content (AvgIpc) is 2.34. The number of hydrogen-bond donors (Lipinski definition) is 1. The molecule has 96 valence electrons. The lowest BCUT2D eigenvalue weighted by Gasteiger charge is -2.17. The Morgan fingerprint density at radius 2 is 2.28 bits per heavy atom. The van der Waals surface area contributed by atoms with Crippen molar-refractivity contribution in [1.82, 2.24) is 5.32 Å². The van der Waals surface area contributed by atoms with Crippen LogP contribution in [0.4, 0.5) is 0 Å². The van der Waals surface area contributed by atoms with Crippen LogP contribution in [0.15, 0.2) is 18.2 Å². The second kappa shape index (κ2) is 7.27. The summed E-state index contributed by atoms with van der Waals surface area (Å²) in [5, 5.41) is 3.81. The molecule has 1 atom stereocenters. The minimum atomic E-state index is -0.716. The maximum Gasteiger partial charge on any atom is 0.327 e. The molecule has 0 bridgehead atoms. The normalized spacial score (nSPS) is 11.7. The molecule has 0 heterocycles. The first-order valence-electron chi connectivity index (χ1n) is 5.38. The molecule has 1 aromatic carbocycles. The first-order valence-corrected chi connectivity index (χ1v) is 6.14. The zero-order chi connectivity index (χ0) is 13.5. The van der Waals surface area contributed by atoms with E-state index in [9.17, 15) is 4.79 Å². The quantitative estimate of drug-likeness (QED) is 0.668. The van der Waals surface area contributed by atoms with Crippen LogP contribution in [0, 0.1) is 12.3 Å². The monoisotopic (exact) mass is 285 g/mol. The lowest BCUT2D eigenvalue weighted by molar-refractivity contribution is -0.145. The molecule has 0 saturated heterocycles. The summed E-state index contributed by atoms with van der Waals surface area (Å²) < 4.78 is 4.98. The fraction of sp³-hybridized carbons (Fsp3) is 0.308. The highest BCUT2D eigenvalue weighted by Crippen LogP contribution is 2.27. The Morgan fingerprint density at radius 1 is 1.56 bits per heavy atom. The van der Waals surface area contributed by atoms with E-state index in [1.807, 2.05) is 0 Å². The molecule has 0 aliphatic carbocycles. The molecule has 0 aliphatic heterocycles. The van der Waals surface area contributed by atoms with Crippen molar-refractivity contribution in [3.63, 3.8) is 0 Å². The Hall–Kier alpha value is -1.21. The predicted octanol–water partition coefficient (Wildman–Crippen LogP) is 2.82. The van der Waals surface area contributed by atoms with Gasteiger partial charge in [0.15, 0.2) is 0 Å². The van der Waals surface area contributed by atoms with Crippen molar-refractivity contribution in [2.24, 2.45) is 0 Å². The van der Waals surface area contributed by atoms with Crippen LogP contribution in [0.2, 0.25) is 10.0 Å². The van der Waals surface area contributed by atoms with Gasteiger partial charge in [-0.1, -0.05) is 29.1 Å². The lowest BCUT2D eigenvalue weighted by Crippen LogP contribution is -2.30. The van der Waals surface area contributed by atoms with E-state index in [-0.39, 0.29) is 13.2 Å². The van der Waals surface area contributed by atoms with Crippen molar-refractivity contribution < 1.29 is 9.53 Å². The van der Waals surface area contributed by atoms with Crippen LogP contribution < -0.4 is 5.32 Å². The standard InChI is InChI=1S/C13H13Cl2NO2/c1-3-7-16-12(13(17)18-4-2)10-8-9(14)5-6-11(10)15/h1,5-6,8,12,16H,4,7H2,2H3. The average molecular weight is 286 g/mol. The smallest absolute Gasteiger partial charge is 0.327 e. The fourth-order valence-electron chi connectivity index (χ4n) is 1.44. The first-order chi connectivity index (χ1) is 8.60. The maximum atomic E-state index is 11.9. The van der Waals surface area contributed by atoms with Gasteiger partial charge in [-0.25, -0.2) is 4.79 Å². The summed E-state index contributed by atoms with van der Waals surface area (Å²) in [4.78, 5) is 11.9. The molecule has 18 heavy (non-hydrogen) atoms. The maximum absolute atomic E-state index is 11.9. The third-order valence-electron chi connectivity index (χ3n) is 2.20. The van der Waals surface area contributed by atoms with E-state index in [0.29, 0.717) is 15.6 Å². The van der Waals surface area contributed by atoms with Gasteiger partial charge in [0.05, 0.1) is 13.2 Å². The summed E-state index contributed by atoms with van der Waals surface area (Å²) in [6, 6.07) is 4.18. The molecular formula is C13H13Cl2NO2. The highest BCUT2D eigenvalue weighted by Gasteiger charge is 2.23. The Bertz CT molecular complexity index is 469. The van der Waals surface area contributed by atoms with Crippen LogP contribution >= 0.6 is 23.2 Å². The van der Waals surface area contributed by atoms with E-state index < -0.39 is 12.0 Å². The number of benzene rings is 1. The third-order valence-corrected chi connectivity index (χ3v) is 2.78. The highest BCUT2D eigenvalue weighted by atomic mass is 35.5. The molecule has 0 fully saturated rings. The number of halogens is 2. The molecule has 3 nitrogen and oxygen atoms in total. The molecule has 0 radical (unpaired) electrons. The SMILES string of the molecule is C#CCNC(C(=O)OCC)c1cc(Cl)ccc1Cl. The van der Waals surface area contributed by atoms with Crippen molar-refractivity contribution in [3.05, 3.63) is 33.8 Å². The lowest BCUT2D eigenvalue weighted by atomic mass is 10.1. The van der Waals surface area contributed by atoms with Gasteiger partial charge in [-0.2, -0.15) is 0 Å². The van der Waals surface area contributed by atoms with Crippen LogP contribution in [0.1, 0.15) is 18.5 Å². The summed E-state index contributed by atoms with van der Waals surface area (Å²) in [6.07, 6.45) is 5.17. The van der Waals surface area contributed by atoms with Crippen molar-refractivity contribution >= 4 is 29.2 Å². The molecule has 0 saturated carbocycles. The number of carbonyl (C=O) groups is 1. The number of ether oxygens (including phenoxy) is 1. The molecule has 0 spiro atoms. The summed E-state index contributed by atoms with van der Waals surface area (Å²) in [7, 11) is 0. The van der Waals surface area contributed by atoms with Gasteiger partial charge in [-0.3, -0.25) is 5.32 Å². The van der Waals surface area contributed by atoms with E-state index in [1.54, 1.807) is 25.1 Å². The molecule has 0 aromatic heterocycles. The van der Waals surface area contributed by atoms with Crippen LogP contribution in [0.25, 0.3) is 0 Å². The van der Waals surface area contributed by atoms with Gasteiger partial charge in [-0.15, -0.1) is 6.42 Å². The predicted molar refractivity (Wildman–Crippen MR) is 72.7 cm³/mol. The second-order valence-electron chi connectivity index (χ2n) is 3.44. The molecule has 1 rings (SSSR count). The van der Waals surface area contributed by atoms with E-state index in [1.165, 1.54) is 0 Å². The molecular weight excluding hydrogens is 273 g/mol. The fourth-order valence-corrected chi connectivity index (χ4v) is 1.85. The van der Waals surface area contributed by atoms with Crippen molar-refractivity contribution in [3.8, 4) is 12.3 Å². The summed E-state index contributed by atoms with van der Waals surface area (Å²) >= 11 is 12.0. The van der Waals surface area contributed by atoms with E-state index in [0.717, 1.165) is 0 Å². The van der Waals surface area contributed by atoms with Crippen LogP contribution in [-0.2, 0) is 9.53 Å². The number of nitrogens with one attached hydrogen (secondary N) is 1. The second-order valence-corrected chi connectivity index (χ2v) is 4.28. The summed E-state index contributed by atoms with van der Waals surface area (Å²) in [6.45, 7) is 2.24. The minimum Gasteiger partial charge on any atom is -0.465 e. The zero-order valence-electron chi connectivity index (χ0n) is 9.87. The van der Waals surface area contributed by atoms with Crippen molar-refractivity contribution in [2.75, 3.05) is 13.2 Å². The molecule has 1 aromatic rings. The molecule has 0 amide bonds. The Morgan fingerprint density at radius 3 is 2.89 bits per heavy atom. The molecule has 1 N–H and O–H groups in total. The number of rotatable bonds is 5. The van der Waals surface area contributed by atoms with Gasteiger partial charge >= 0.3 is 5.97 Å². The Labute approximate surface area is 116 Å². The molecule has 5 heteroatoms. The first kappa shape index (κ1) is 14.8. The largest absolute Gasteiger partial charge is 0.465 e. The van der Waals surface area contributed by atoms with E-state index >= 15 is 0 Å². The Kier molecular flexibility index (Phi) is 6.00. The topological polar surface area (TPSA) is 38.3 Å². The zero-order valence-corrected chi connectivity index (χ0v) is 11.4. The highest BCUT2D eigenvalue weighted by molar-refractivity contribution is 6.33. The summed E-state index contributed by atoms with van der Waals surface area (Å²) in [5.41, 5.74) is 0.554. The van der Waals surface area contributed by atoms with Crippen molar-refractivity contribution in [2.45, 2.75) is 13.0 Å². The van der Waals surface area contributed by atoms with Gasteiger partial charge in [0.2, 0.25) is 0 Å². The van der Waals surface area contributed by atoms with Crippen LogP contribution in [-0.4, -0.2) is 19.1 Å². The number of terminal acetylenes is 1. The van der Waals surface area contributed by atoms with Gasteiger partial charge in [0.1, 0.15) is 6.04 Å². The Balaban J connectivity index is 3.04. The molecule has 0 aliphatic rings.